The zero-order chi connectivity index (χ0) is 17.3. The monoisotopic (exact) mass is 338 g/mol. The predicted molar refractivity (Wildman–Crippen MR) is 73.8 cm³/mol. The molecule has 0 saturated carbocycles. The molecule has 0 unspecified atom stereocenters. The van der Waals surface area contributed by atoms with Crippen LogP contribution < -0.4 is 5.32 Å². The van der Waals surface area contributed by atoms with Gasteiger partial charge < -0.3 is 5.32 Å². The third kappa shape index (κ3) is 4.06. The maximum Gasteiger partial charge on any atom is 0.416 e. The minimum atomic E-state index is -4.73. The lowest BCUT2D eigenvalue weighted by atomic mass is 9.95. The zero-order valence-corrected chi connectivity index (χ0v) is 12.1. The van der Waals surface area contributed by atoms with Gasteiger partial charge in [-0.3, -0.25) is 4.90 Å². The Balaban J connectivity index is 2.52. The van der Waals surface area contributed by atoms with Gasteiger partial charge in [0.05, 0.1) is 17.2 Å². The van der Waals surface area contributed by atoms with Crippen molar-refractivity contribution in [1.82, 2.24) is 10.2 Å². The van der Waals surface area contributed by atoms with Crippen LogP contribution in [0.3, 0.4) is 0 Å². The molecule has 1 aliphatic heterocycles. The highest BCUT2D eigenvalue weighted by atomic mass is 19.4. The minimum Gasteiger partial charge on any atom is -0.314 e. The number of alkyl halides is 6. The van der Waals surface area contributed by atoms with Crippen LogP contribution in [0.1, 0.15) is 22.7 Å². The molecule has 2 rings (SSSR count). The highest BCUT2D eigenvalue weighted by Gasteiger charge is 2.39. The van der Waals surface area contributed by atoms with Gasteiger partial charge in [0.2, 0.25) is 0 Å². The molecule has 0 spiro atoms. The quantitative estimate of drug-likeness (QED) is 0.665. The standard InChI is InChI=1S/C15H16F6N2/c1-2-13(23-7-5-22-6-8-23)11-9-10(14(16,17)18)3-4-12(11)15(19,20)21/h2-4,9,13,22H,1,5-8H2/t13-/m1/s1. The first-order valence-corrected chi connectivity index (χ1v) is 7.00. The fourth-order valence-electron chi connectivity index (χ4n) is 2.67. The van der Waals surface area contributed by atoms with Crippen LogP contribution in [0.15, 0.2) is 30.9 Å². The Morgan fingerprint density at radius 1 is 1.04 bits per heavy atom. The molecular weight excluding hydrogens is 322 g/mol. The van der Waals surface area contributed by atoms with Crippen LogP contribution in [0.4, 0.5) is 26.3 Å². The second-order valence-electron chi connectivity index (χ2n) is 5.26. The lowest BCUT2D eigenvalue weighted by molar-refractivity contribution is -0.142. The number of halogens is 6. The summed E-state index contributed by atoms with van der Waals surface area (Å²) in [6.07, 6.45) is -8.17. The molecule has 1 fully saturated rings. The van der Waals surface area contributed by atoms with Crippen molar-refractivity contribution in [1.29, 1.82) is 0 Å². The van der Waals surface area contributed by atoms with Gasteiger partial charge in [0.25, 0.3) is 0 Å². The lowest BCUT2D eigenvalue weighted by Crippen LogP contribution is -2.45. The van der Waals surface area contributed by atoms with Crippen LogP contribution in [-0.2, 0) is 12.4 Å². The van der Waals surface area contributed by atoms with Crippen LogP contribution in [0, 0.1) is 0 Å². The average molecular weight is 338 g/mol. The van der Waals surface area contributed by atoms with E-state index in [-0.39, 0.29) is 0 Å². The number of benzene rings is 1. The molecule has 1 N–H and O–H groups in total. The summed E-state index contributed by atoms with van der Waals surface area (Å²) in [5, 5.41) is 3.05. The van der Waals surface area contributed by atoms with Gasteiger partial charge in [-0.25, -0.2) is 0 Å². The maximum absolute atomic E-state index is 13.2. The topological polar surface area (TPSA) is 15.3 Å². The van der Waals surface area contributed by atoms with Crippen LogP contribution in [-0.4, -0.2) is 31.1 Å². The van der Waals surface area contributed by atoms with Crippen LogP contribution in [0.5, 0.6) is 0 Å². The average Bonchev–Trinajstić information content (AvgIpc) is 2.47. The third-order valence-electron chi connectivity index (χ3n) is 3.77. The van der Waals surface area contributed by atoms with Crippen molar-refractivity contribution in [2.75, 3.05) is 26.2 Å². The van der Waals surface area contributed by atoms with Crippen molar-refractivity contribution in [2.45, 2.75) is 18.4 Å². The minimum absolute atomic E-state index is 0.413. The first-order valence-electron chi connectivity index (χ1n) is 7.00. The third-order valence-corrected chi connectivity index (χ3v) is 3.77. The van der Waals surface area contributed by atoms with E-state index in [9.17, 15) is 26.3 Å². The van der Waals surface area contributed by atoms with Crippen molar-refractivity contribution in [2.24, 2.45) is 0 Å². The number of rotatable bonds is 3. The van der Waals surface area contributed by atoms with Crippen molar-refractivity contribution in [3.8, 4) is 0 Å². The van der Waals surface area contributed by atoms with E-state index in [1.807, 2.05) is 0 Å². The summed E-state index contributed by atoms with van der Waals surface area (Å²) >= 11 is 0. The summed E-state index contributed by atoms with van der Waals surface area (Å²) in [6.45, 7) is 5.51. The largest absolute Gasteiger partial charge is 0.416 e. The molecule has 1 atom stereocenters. The Kier molecular flexibility index (Phi) is 5.05. The molecule has 0 aliphatic carbocycles. The molecule has 1 saturated heterocycles. The molecule has 1 aromatic carbocycles. The van der Waals surface area contributed by atoms with E-state index in [1.165, 1.54) is 6.08 Å². The van der Waals surface area contributed by atoms with Gasteiger partial charge in [-0.05, 0) is 23.8 Å². The summed E-state index contributed by atoms with van der Waals surface area (Å²) in [6, 6.07) is 0.620. The van der Waals surface area contributed by atoms with Gasteiger partial charge in [-0.2, -0.15) is 26.3 Å². The first-order chi connectivity index (χ1) is 10.6. The summed E-state index contributed by atoms with van der Waals surface area (Å²) in [5.41, 5.74) is -2.57. The molecule has 1 aliphatic rings. The summed E-state index contributed by atoms with van der Waals surface area (Å²) < 4.78 is 78.2. The Morgan fingerprint density at radius 3 is 2.13 bits per heavy atom. The molecule has 8 heteroatoms. The fourth-order valence-corrected chi connectivity index (χ4v) is 2.67. The van der Waals surface area contributed by atoms with Gasteiger partial charge >= 0.3 is 12.4 Å². The van der Waals surface area contributed by atoms with Crippen LogP contribution in [0.2, 0.25) is 0 Å². The van der Waals surface area contributed by atoms with E-state index in [2.05, 4.69) is 11.9 Å². The number of nitrogens with zero attached hydrogens (tertiary/aromatic N) is 1. The maximum atomic E-state index is 13.2. The van der Waals surface area contributed by atoms with Crippen LogP contribution in [0.25, 0.3) is 0 Å². The van der Waals surface area contributed by atoms with Gasteiger partial charge in [0.1, 0.15) is 0 Å². The highest BCUT2D eigenvalue weighted by molar-refractivity contribution is 5.39. The summed E-state index contributed by atoms with van der Waals surface area (Å²) in [7, 11) is 0. The predicted octanol–water partition coefficient (Wildman–Crippen LogP) is 3.86. The Hall–Kier alpha value is -1.54. The van der Waals surface area contributed by atoms with E-state index in [0.29, 0.717) is 44.4 Å². The molecule has 0 radical (unpaired) electrons. The summed E-state index contributed by atoms with van der Waals surface area (Å²) in [5.74, 6) is 0. The highest BCUT2D eigenvalue weighted by Crippen LogP contribution is 2.40. The van der Waals surface area contributed by atoms with Crippen molar-refractivity contribution >= 4 is 0 Å². The van der Waals surface area contributed by atoms with E-state index < -0.39 is 35.1 Å². The molecule has 0 bridgehead atoms. The zero-order valence-electron chi connectivity index (χ0n) is 12.1. The first kappa shape index (κ1) is 17.8. The van der Waals surface area contributed by atoms with Crippen LogP contribution >= 0.6 is 0 Å². The Labute approximate surface area is 129 Å². The van der Waals surface area contributed by atoms with E-state index >= 15 is 0 Å². The van der Waals surface area contributed by atoms with Crippen molar-refractivity contribution < 1.29 is 26.3 Å². The molecule has 0 aromatic heterocycles. The number of nitrogens with one attached hydrogen (secondary N) is 1. The Bertz CT molecular complexity index is 558. The fraction of sp³-hybridized carbons (Fsp3) is 0.467. The second kappa shape index (κ2) is 6.52. The second-order valence-corrected chi connectivity index (χ2v) is 5.26. The SMILES string of the molecule is C=C[C@H](c1cc(C(F)(F)F)ccc1C(F)(F)F)N1CCNCC1. The van der Waals surface area contributed by atoms with E-state index in [1.54, 1.807) is 4.90 Å². The number of hydrogen-bond acceptors (Lipinski definition) is 2. The molecule has 1 aromatic rings. The number of piperazine rings is 1. The molecule has 128 valence electrons. The summed E-state index contributed by atoms with van der Waals surface area (Å²) in [4.78, 5) is 1.69. The molecule has 23 heavy (non-hydrogen) atoms. The van der Waals surface area contributed by atoms with Gasteiger partial charge in [-0.15, -0.1) is 6.58 Å². The Morgan fingerprint density at radius 2 is 1.65 bits per heavy atom. The molecule has 1 heterocycles. The van der Waals surface area contributed by atoms with Gasteiger partial charge in [-0.1, -0.05) is 6.08 Å². The normalized spacial score (nSPS) is 18.7. The van der Waals surface area contributed by atoms with E-state index in [4.69, 9.17) is 0 Å². The molecular formula is C15H16F6N2. The molecule has 2 nitrogen and oxygen atoms in total. The van der Waals surface area contributed by atoms with Gasteiger partial charge in [0.15, 0.2) is 0 Å². The smallest absolute Gasteiger partial charge is 0.314 e. The van der Waals surface area contributed by atoms with Crippen molar-refractivity contribution in [3.05, 3.63) is 47.5 Å². The molecule has 0 amide bonds. The van der Waals surface area contributed by atoms with E-state index in [0.717, 1.165) is 0 Å². The number of hydrogen-bond donors (Lipinski definition) is 1. The van der Waals surface area contributed by atoms with Crippen molar-refractivity contribution in [3.63, 3.8) is 0 Å². The van der Waals surface area contributed by atoms with Gasteiger partial charge in [0, 0.05) is 26.2 Å². The lowest BCUT2D eigenvalue weighted by Gasteiger charge is -2.34.